The van der Waals surface area contributed by atoms with Gasteiger partial charge in [0.1, 0.15) is 0 Å². The van der Waals surface area contributed by atoms with Crippen LogP contribution < -0.4 is 0 Å². The predicted molar refractivity (Wildman–Crippen MR) is 108 cm³/mol. The Kier molecular flexibility index (Phi) is 9.14. The van der Waals surface area contributed by atoms with E-state index in [1.54, 1.807) is 12.1 Å². The molecule has 0 radical (unpaired) electrons. The van der Waals surface area contributed by atoms with E-state index in [0.717, 1.165) is 45.2 Å². The van der Waals surface area contributed by atoms with Crippen LogP contribution in [-0.2, 0) is 15.1 Å². The zero-order valence-corrected chi connectivity index (χ0v) is 16.9. The molecule has 1 fully saturated rings. The molecule has 0 saturated heterocycles. The molecule has 148 valence electrons. The number of hydrogen-bond donors (Lipinski definition) is 1. The van der Waals surface area contributed by atoms with E-state index >= 15 is 0 Å². The summed E-state index contributed by atoms with van der Waals surface area (Å²) in [5, 5.41) is 11.4. The van der Waals surface area contributed by atoms with Gasteiger partial charge in [0, 0.05) is 18.3 Å². The normalized spacial score (nSPS) is 17.0. The molecule has 0 amide bonds. The van der Waals surface area contributed by atoms with Crippen molar-refractivity contribution in [1.29, 1.82) is 0 Å². The van der Waals surface area contributed by atoms with Crippen LogP contribution in [0.2, 0.25) is 0 Å². The number of carbonyl (C=O) groups is 1. The first kappa shape index (κ1) is 21.8. The number of halogens is 1. The van der Waals surface area contributed by atoms with Gasteiger partial charge in [-0.05, 0) is 24.9 Å². The lowest BCUT2D eigenvalue weighted by atomic mass is 9.73. The van der Waals surface area contributed by atoms with Gasteiger partial charge in [0.25, 0.3) is 0 Å². The number of nitrogens with zero attached hydrogens (tertiary/aromatic N) is 1. The molecule has 0 bridgehead atoms. The van der Waals surface area contributed by atoms with Crippen molar-refractivity contribution in [3.63, 3.8) is 0 Å². The van der Waals surface area contributed by atoms with Gasteiger partial charge in [-0.1, -0.05) is 68.4 Å². The summed E-state index contributed by atoms with van der Waals surface area (Å²) >= 11 is 5.75. The van der Waals surface area contributed by atoms with E-state index in [9.17, 15) is 9.90 Å². The second-order valence-electron chi connectivity index (χ2n) is 6.95. The zero-order chi connectivity index (χ0) is 19.5. The van der Waals surface area contributed by atoms with Crippen molar-refractivity contribution in [1.82, 2.24) is 4.90 Å². The van der Waals surface area contributed by atoms with Crippen molar-refractivity contribution in [3.8, 4) is 11.8 Å². The molecule has 27 heavy (non-hydrogen) atoms. The minimum Gasteiger partial charge on any atom is -0.450 e. The molecular weight excluding hydrogens is 362 g/mol. The average molecular weight is 392 g/mol. The number of hydrogen-bond acceptors (Lipinski definition) is 4. The molecule has 4 nitrogen and oxygen atoms in total. The Morgan fingerprint density at radius 2 is 1.96 bits per heavy atom. The lowest BCUT2D eigenvalue weighted by Crippen LogP contribution is -2.45. The summed E-state index contributed by atoms with van der Waals surface area (Å²) in [4.78, 5) is 15.0. The monoisotopic (exact) mass is 391 g/mol. The highest BCUT2D eigenvalue weighted by Crippen LogP contribution is 2.40. The molecule has 1 aliphatic rings. The molecule has 1 aliphatic carbocycles. The minimum absolute atomic E-state index is 0.0148. The Bertz CT molecular complexity index is 634. The molecule has 1 N–H and O–H groups in total. The van der Waals surface area contributed by atoms with Gasteiger partial charge in [-0.2, -0.15) is 0 Å². The van der Waals surface area contributed by atoms with E-state index in [-0.39, 0.29) is 12.5 Å². The lowest BCUT2D eigenvalue weighted by molar-refractivity contribution is -0.174. The Labute approximate surface area is 167 Å². The fraction of sp³-hybridized carbons (Fsp3) is 0.591. The summed E-state index contributed by atoms with van der Waals surface area (Å²) in [7, 11) is 0. The fourth-order valence-electron chi connectivity index (χ4n) is 3.63. The van der Waals surface area contributed by atoms with E-state index in [1.807, 2.05) is 18.2 Å². The average Bonchev–Trinajstić information content (AvgIpc) is 2.73. The molecule has 1 aromatic carbocycles. The van der Waals surface area contributed by atoms with Crippen molar-refractivity contribution in [2.45, 2.75) is 44.6 Å². The number of esters is 1. The largest absolute Gasteiger partial charge is 0.450 e. The molecule has 0 unspecified atom stereocenters. The third-order valence-electron chi connectivity index (χ3n) is 5.27. The molecule has 2 rings (SSSR count). The van der Waals surface area contributed by atoms with Crippen molar-refractivity contribution in [2.24, 2.45) is 5.92 Å². The van der Waals surface area contributed by atoms with Gasteiger partial charge in [-0.25, -0.2) is 4.79 Å². The summed E-state index contributed by atoms with van der Waals surface area (Å²) < 4.78 is 5.38. The molecule has 0 heterocycles. The van der Waals surface area contributed by atoms with Crippen LogP contribution in [0.1, 0.15) is 44.6 Å². The van der Waals surface area contributed by atoms with Crippen molar-refractivity contribution in [3.05, 3.63) is 35.9 Å². The van der Waals surface area contributed by atoms with Crippen LogP contribution in [-0.4, -0.2) is 48.1 Å². The lowest BCUT2D eigenvalue weighted by Gasteiger charge is -2.36. The van der Waals surface area contributed by atoms with Gasteiger partial charge >= 0.3 is 5.97 Å². The van der Waals surface area contributed by atoms with E-state index in [4.69, 9.17) is 16.3 Å². The molecular formula is C22H30ClNO3. The summed E-state index contributed by atoms with van der Waals surface area (Å²) in [6.07, 6.45) is 4.87. The van der Waals surface area contributed by atoms with Crippen molar-refractivity contribution < 1.29 is 14.6 Å². The first-order valence-electron chi connectivity index (χ1n) is 9.82. The highest BCUT2D eigenvalue weighted by Gasteiger charge is 2.46. The Hall–Kier alpha value is -1.54. The maximum absolute atomic E-state index is 12.9. The summed E-state index contributed by atoms with van der Waals surface area (Å²) in [5.41, 5.74) is -0.994. The number of aliphatic hydroxyl groups is 1. The van der Waals surface area contributed by atoms with Crippen LogP contribution >= 0.6 is 11.6 Å². The summed E-state index contributed by atoms with van der Waals surface area (Å²) in [6, 6.07) is 9.15. The third kappa shape index (κ3) is 5.97. The first-order chi connectivity index (χ1) is 13.1. The SMILES string of the molecule is CCN(CC#CCOC(=O)[C@@](O)(c1ccccc1)C1CCCCC1)CCCl. The van der Waals surface area contributed by atoms with Crippen LogP contribution in [0.5, 0.6) is 0 Å². The summed E-state index contributed by atoms with van der Waals surface area (Å²) in [6.45, 7) is 4.28. The molecule has 1 saturated carbocycles. The number of ether oxygens (including phenoxy) is 1. The van der Waals surface area contributed by atoms with E-state index in [1.165, 1.54) is 0 Å². The topological polar surface area (TPSA) is 49.8 Å². The second-order valence-corrected chi connectivity index (χ2v) is 7.33. The molecule has 0 aromatic heterocycles. The number of benzene rings is 1. The van der Waals surface area contributed by atoms with Gasteiger partial charge < -0.3 is 9.84 Å². The minimum atomic E-state index is -1.60. The summed E-state index contributed by atoms with van der Waals surface area (Å²) in [5.74, 6) is 5.74. The molecule has 1 atom stereocenters. The number of carbonyl (C=O) groups excluding carboxylic acids is 1. The third-order valence-corrected chi connectivity index (χ3v) is 5.44. The standard InChI is InChI=1S/C22H30ClNO3/c1-2-24(17-15-23)16-9-10-18-27-21(25)22(26,19-11-5-3-6-12-19)20-13-7-4-8-14-20/h3,5-6,11-12,20,26H,2,4,7-8,13-18H2,1H3/t22-/m1/s1. The van der Waals surface area contributed by atoms with Crippen molar-refractivity contribution in [2.75, 3.05) is 32.1 Å². The van der Waals surface area contributed by atoms with Crippen LogP contribution in [0.4, 0.5) is 0 Å². The van der Waals surface area contributed by atoms with E-state index in [2.05, 4.69) is 23.7 Å². The van der Waals surface area contributed by atoms with Gasteiger partial charge in [-0.3, -0.25) is 4.90 Å². The smallest absolute Gasteiger partial charge is 0.344 e. The predicted octanol–water partition coefficient (Wildman–Crippen LogP) is 3.56. The molecule has 1 aromatic rings. The quantitative estimate of drug-likeness (QED) is 0.418. The van der Waals surface area contributed by atoms with Gasteiger partial charge in [0.2, 0.25) is 0 Å². The fourth-order valence-corrected chi connectivity index (χ4v) is 3.87. The zero-order valence-electron chi connectivity index (χ0n) is 16.1. The maximum Gasteiger partial charge on any atom is 0.344 e. The highest BCUT2D eigenvalue weighted by molar-refractivity contribution is 6.18. The molecule has 5 heteroatoms. The van der Waals surface area contributed by atoms with Gasteiger partial charge in [0.05, 0.1) is 6.54 Å². The number of alkyl halides is 1. The Balaban J connectivity index is 2.02. The maximum atomic E-state index is 12.9. The molecule has 0 aliphatic heterocycles. The van der Waals surface area contributed by atoms with Crippen molar-refractivity contribution >= 4 is 17.6 Å². The van der Waals surface area contributed by atoms with Crippen LogP contribution in [0, 0.1) is 17.8 Å². The van der Waals surface area contributed by atoms with E-state index in [0.29, 0.717) is 18.0 Å². The molecule has 0 spiro atoms. The highest BCUT2D eigenvalue weighted by atomic mass is 35.5. The van der Waals surface area contributed by atoms with Crippen LogP contribution in [0.3, 0.4) is 0 Å². The van der Waals surface area contributed by atoms with Gasteiger partial charge in [-0.15, -0.1) is 11.6 Å². The van der Waals surface area contributed by atoms with Gasteiger partial charge in [0.15, 0.2) is 12.2 Å². The first-order valence-corrected chi connectivity index (χ1v) is 10.4. The Morgan fingerprint density at radius 3 is 2.59 bits per heavy atom. The second kappa shape index (κ2) is 11.3. The van der Waals surface area contributed by atoms with Crippen LogP contribution in [0.15, 0.2) is 30.3 Å². The van der Waals surface area contributed by atoms with Crippen LogP contribution in [0.25, 0.3) is 0 Å². The Morgan fingerprint density at radius 1 is 1.26 bits per heavy atom. The van der Waals surface area contributed by atoms with E-state index < -0.39 is 11.6 Å². The number of rotatable bonds is 8.